The van der Waals surface area contributed by atoms with Crippen LogP contribution in [0.15, 0.2) is 0 Å². The number of rotatable bonds is 1. The SMILES string of the molecule is COC1C(O)C(C)OC2O[C@@H]21. The molecule has 1 N–H and O–H groups in total. The van der Waals surface area contributed by atoms with Gasteiger partial charge in [-0.2, -0.15) is 0 Å². The lowest BCUT2D eigenvalue weighted by Crippen LogP contribution is -2.46. The monoisotopic (exact) mass is 160 g/mol. The van der Waals surface area contributed by atoms with E-state index in [0.717, 1.165) is 0 Å². The zero-order valence-corrected chi connectivity index (χ0v) is 6.56. The maximum atomic E-state index is 9.50. The Bertz CT molecular complexity index is 161. The van der Waals surface area contributed by atoms with Crippen LogP contribution in [0.25, 0.3) is 0 Å². The molecule has 2 aliphatic rings. The van der Waals surface area contributed by atoms with Crippen LogP contribution in [-0.4, -0.2) is 42.9 Å². The van der Waals surface area contributed by atoms with Gasteiger partial charge >= 0.3 is 0 Å². The molecule has 4 heteroatoms. The van der Waals surface area contributed by atoms with E-state index in [9.17, 15) is 5.11 Å². The molecular formula is C7H12O4. The molecule has 4 unspecified atom stereocenters. The standard InChI is InChI=1S/C7H12O4/c1-3-4(8)5(9-2)6-7(10-3)11-6/h3-8H,1-2H3/t3?,4?,5?,6-,7?/m1/s1. The highest BCUT2D eigenvalue weighted by Crippen LogP contribution is 2.36. The second-order valence-electron chi connectivity index (χ2n) is 3.00. The van der Waals surface area contributed by atoms with Crippen LogP contribution < -0.4 is 0 Å². The molecule has 5 atom stereocenters. The summed E-state index contributed by atoms with van der Waals surface area (Å²) >= 11 is 0. The largest absolute Gasteiger partial charge is 0.388 e. The number of ether oxygens (including phenoxy) is 3. The van der Waals surface area contributed by atoms with Crippen molar-refractivity contribution in [2.45, 2.75) is 37.6 Å². The van der Waals surface area contributed by atoms with Crippen LogP contribution in [0.3, 0.4) is 0 Å². The highest BCUT2D eigenvalue weighted by molar-refractivity contribution is 4.96. The number of fused-ring (bicyclic) bond motifs is 1. The summed E-state index contributed by atoms with van der Waals surface area (Å²) in [4.78, 5) is 0. The molecule has 11 heavy (non-hydrogen) atoms. The van der Waals surface area contributed by atoms with Crippen LogP contribution in [-0.2, 0) is 14.2 Å². The van der Waals surface area contributed by atoms with Gasteiger partial charge in [-0.3, -0.25) is 0 Å². The summed E-state index contributed by atoms with van der Waals surface area (Å²) in [5.74, 6) is 0. The van der Waals surface area contributed by atoms with Crippen LogP contribution in [0.4, 0.5) is 0 Å². The number of hydrogen-bond acceptors (Lipinski definition) is 4. The number of aliphatic hydroxyl groups excluding tert-OH is 1. The van der Waals surface area contributed by atoms with Gasteiger partial charge < -0.3 is 19.3 Å². The fourth-order valence-electron chi connectivity index (χ4n) is 1.48. The minimum absolute atomic E-state index is 0.0498. The molecule has 0 aromatic heterocycles. The van der Waals surface area contributed by atoms with E-state index in [0.29, 0.717) is 0 Å². The van der Waals surface area contributed by atoms with E-state index in [1.54, 1.807) is 7.11 Å². The van der Waals surface area contributed by atoms with Gasteiger partial charge in [0, 0.05) is 7.11 Å². The van der Waals surface area contributed by atoms with E-state index < -0.39 is 6.10 Å². The summed E-state index contributed by atoms with van der Waals surface area (Å²) in [6, 6.07) is 0. The van der Waals surface area contributed by atoms with Crippen molar-refractivity contribution in [3.8, 4) is 0 Å². The van der Waals surface area contributed by atoms with Crippen LogP contribution in [0.1, 0.15) is 6.92 Å². The number of epoxide rings is 1. The van der Waals surface area contributed by atoms with Crippen molar-refractivity contribution in [3.05, 3.63) is 0 Å². The van der Waals surface area contributed by atoms with E-state index in [1.165, 1.54) is 0 Å². The van der Waals surface area contributed by atoms with E-state index in [-0.39, 0.29) is 24.6 Å². The molecule has 0 spiro atoms. The molecule has 0 bridgehead atoms. The third-order valence-corrected chi connectivity index (χ3v) is 2.25. The van der Waals surface area contributed by atoms with Crippen molar-refractivity contribution in [1.29, 1.82) is 0 Å². The fourth-order valence-corrected chi connectivity index (χ4v) is 1.48. The Kier molecular flexibility index (Phi) is 1.64. The van der Waals surface area contributed by atoms with Crippen LogP contribution in [0.2, 0.25) is 0 Å². The Labute approximate surface area is 65.1 Å². The van der Waals surface area contributed by atoms with E-state index >= 15 is 0 Å². The second kappa shape index (κ2) is 2.42. The molecule has 4 nitrogen and oxygen atoms in total. The summed E-state index contributed by atoms with van der Waals surface area (Å²) in [6.45, 7) is 1.81. The molecule has 2 saturated heterocycles. The van der Waals surface area contributed by atoms with E-state index in [2.05, 4.69) is 0 Å². The molecule has 0 radical (unpaired) electrons. The normalized spacial score (nSPS) is 55.4. The quantitative estimate of drug-likeness (QED) is 0.526. The molecule has 2 aliphatic heterocycles. The van der Waals surface area contributed by atoms with Gasteiger partial charge in [-0.05, 0) is 6.92 Å². The Morgan fingerprint density at radius 2 is 2.09 bits per heavy atom. The number of aliphatic hydroxyl groups is 1. The first-order valence-corrected chi connectivity index (χ1v) is 3.76. The molecule has 0 aliphatic carbocycles. The number of methoxy groups -OCH3 is 1. The molecule has 0 aromatic carbocycles. The molecule has 64 valence electrons. The fraction of sp³-hybridized carbons (Fsp3) is 1.00. The van der Waals surface area contributed by atoms with Crippen molar-refractivity contribution in [2.24, 2.45) is 0 Å². The molecule has 2 rings (SSSR count). The Morgan fingerprint density at radius 3 is 2.73 bits per heavy atom. The molecule has 0 saturated carbocycles. The third-order valence-electron chi connectivity index (χ3n) is 2.25. The minimum Gasteiger partial charge on any atom is -0.388 e. The summed E-state index contributed by atoms with van der Waals surface area (Å²) in [5.41, 5.74) is 0. The number of hydrogen-bond donors (Lipinski definition) is 1. The highest BCUT2D eigenvalue weighted by atomic mass is 16.8. The van der Waals surface area contributed by atoms with Gasteiger partial charge in [0.05, 0.1) is 6.10 Å². The molecule has 2 heterocycles. The predicted molar refractivity (Wildman–Crippen MR) is 36.0 cm³/mol. The molecule has 2 fully saturated rings. The summed E-state index contributed by atoms with van der Waals surface area (Å²) in [7, 11) is 1.57. The van der Waals surface area contributed by atoms with Crippen LogP contribution >= 0.6 is 0 Å². The Hall–Kier alpha value is -0.160. The first-order valence-electron chi connectivity index (χ1n) is 3.76. The average Bonchev–Trinajstić information content (AvgIpc) is 2.69. The predicted octanol–water partition coefficient (Wildman–Crippen LogP) is -0.494. The van der Waals surface area contributed by atoms with Gasteiger partial charge in [-0.25, -0.2) is 0 Å². The molecule has 0 amide bonds. The van der Waals surface area contributed by atoms with Crippen LogP contribution in [0.5, 0.6) is 0 Å². The maximum absolute atomic E-state index is 9.50. The summed E-state index contributed by atoms with van der Waals surface area (Å²) in [6.07, 6.45) is -1.17. The van der Waals surface area contributed by atoms with Crippen LogP contribution in [0, 0.1) is 0 Å². The first-order chi connectivity index (χ1) is 5.24. The zero-order valence-electron chi connectivity index (χ0n) is 6.56. The van der Waals surface area contributed by atoms with Gasteiger partial charge in [0.25, 0.3) is 0 Å². The average molecular weight is 160 g/mol. The lowest BCUT2D eigenvalue weighted by molar-refractivity contribution is -0.132. The third kappa shape index (κ3) is 1.06. The molecular weight excluding hydrogens is 148 g/mol. The van der Waals surface area contributed by atoms with Gasteiger partial charge in [0.1, 0.15) is 18.3 Å². The van der Waals surface area contributed by atoms with Gasteiger partial charge in [0.15, 0.2) is 6.29 Å². The summed E-state index contributed by atoms with van der Waals surface area (Å²) < 4.78 is 15.4. The van der Waals surface area contributed by atoms with Crippen molar-refractivity contribution in [3.63, 3.8) is 0 Å². The first kappa shape index (κ1) is 7.49. The minimum atomic E-state index is -0.566. The maximum Gasteiger partial charge on any atom is 0.187 e. The Balaban J connectivity index is 2.05. The van der Waals surface area contributed by atoms with E-state index in [4.69, 9.17) is 14.2 Å². The van der Waals surface area contributed by atoms with Crippen molar-refractivity contribution < 1.29 is 19.3 Å². The van der Waals surface area contributed by atoms with E-state index in [1.807, 2.05) is 6.92 Å². The summed E-state index contributed by atoms with van der Waals surface area (Å²) in [5, 5.41) is 9.50. The van der Waals surface area contributed by atoms with Gasteiger partial charge in [0.2, 0.25) is 0 Å². The smallest absolute Gasteiger partial charge is 0.187 e. The lowest BCUT2D eigenvalue weighted by Gasteiger charge is -2.28. The van der Waals surface area contributed by atoms with Crippen molar-refractivity contribution >= 4 is 0 Å². The highest BCUT2D eigenvalue weighted by Gasteiger charge is 2.55. The topological polar surface area (TPSA) is 51.2 Å². The van der Waals surface area contributed by atoms with Gasteiger partial charge in [-0.15, -0.1) is 0 Å². The second-order valence-corrected chi connectivity index (χ2v) is 3.00. The zero-order chi connectivity index (χ0) is 8.01. The molecule has 0 aromatic rings. The lowest BCUT2D eigenvalue weighted by atomic mass is 10.0. The Morgan fingerprint density at radius 1 is 1.36 bits per heavy atom. The van der Waals surface area contributed by atoms with Crippen molar-refractivity contribution in [2.75, 3.05) is 7.11 Å². The van der Waals surface area contributed by atoms with Crippen molar-refractivity contribution in [1.82, 2.24) is 0 Å². The van der Waals surface area contributed by atoms with Gasteiger partial charge in [-0.1, -0.05) is 0 Å².